The van der Waals surface area contributed by atoms with Gasteiger partial charge in [-0.3, -0.25) is 9.59 Å². The Bertz CT molecular complexity index is 1070. The first-order valence-corrected chi connectivity index (χ1v) is 8.51. The smallest absolute Gasteiger partial charge is 0.181 e. The summed E-state index contributed by atoms with van der Waals surface area (Å²) in [6, 6.07) is 18.9. The zero-order chi connectivity index (χ0) is 16.3. The molecule has 0 aliphatic heterocycles. The predicted octanol–water partition coefficient (Wildman–Crippen LogP) is 4.61. The van der Waals surface area contributed by atoms with Crippen LogP contribution >= 0.6 is 11.3 Å². The monoisotopic (exact) mass is 329 g/mol. The van der Waals surface area contributed by atoms with Crippen molar-refractivity contribution >= 4 is 43.9 Å². The second kappa shape index (κ2) is 4.82. The topological polar surface area (TPSA) is 47.0 Å². The number of fused-ring (bicyclic) bond motifs is 1. The highest BCUT2D eigenvalue weighted by molar-refractivity contribution is 7.18. The number of benzene rings is 3. The quantitative estimate of drug-likeness (QED) is 0.479. The number of carbonyl (C=O) groups is 2. The fourth-order valence-electron chi connectivity index (χ4n) is 3.42. The van der Waals surface area contributed by atoms with Crippen molar-refractivity contribution in [1.29, 1.82) is 0 Å². The number of Topliss-reactive ketones (excluding diaryl/α,β-unsaturated/α-hetero) is 2. The predicted molar refractivity (Wildman–Crippen MR) is 95.0 cm³/mol. The van der Waals surface area contributed by atoms with Crippen molar-refractivity contribution in [3.63, 3.8) is 0 Å². The van der Waals surface area contributed by atoms with E-state index in [0.717, 1.165) is 21.0 Å². The van der Waals surface area contributed by atoms with Gasteiger partial charge >= 0.3 is 0 Å². The Labute approximate surface area is 141 Å². The largest absolute Gasteiger partial charge is 0.293 e. The highest BCUT2D eigenvalue weighted by Gasteiger charge is 2.38. The summed E-state index contributed by atoms with van der Waals surface area (Å²) in [6.07, 6.45) is 0. The van der Waals surface area contributed by atoms with E-state index >= 15 is 0 Å². The summed E-state index contributed by atoms with van der Waals surface area (Å²) in [6.45, 7) is 0. The van der Waals surface area contributed by atoms with Crippen molar-refractivity contribution in [1.82, 2.24) is 4.98 Å². The average Bonchev–Trinajstić information content (AvgIpc) is 3.03. The van der Waals surface area contributed by atoms with Gasteiger partial charge in [-0.15, -0.1) is 11.3 Å². The molecule has 0 atom stereocenters. The van der Waals surface area contributed by atoms with E-state index in [4.69, 9.17) is 0 Å². The molecule has 1 aliphatic carbocycles. The highest BCUT2D eigenvalue weighted by Crippen LogP contribution is 2.39. The van der Waals surface area contributed by atoms with E-state index in [0.29, 0.717) is 16.1 Å². The summed E-state index contributed by atoms with van der Waals surface area (Å²) in [5, 5.41) is 2.28. The lowest BCUT2D eigenvalue weighted by molar-refractivity contribution is 0.0856. The number of carbonyl (C=O) groups excluding carboxylic acids is 2. The van der Waals surface area contributed by atoms with E-state index in [1.54, 1.807) is 12.1 Å². The highest BCUT2D eigenvalue weighted by atomic mass is 32.1. The molecule has 0 amide bonds. The van der Waals surface area contributed by atoms with Crippen LogP contribution in [0.25, 0.3) is 21.0 Å². The van der Waals surface area contributed by atoms with Gasteiger partial charge in [-0.1, -0.05) is 48.5 Å². The van der Waals surface area contributed by atoms with Gasteiger partial charge in [0.05, 0.1) is 10.2 Å². The van der Waals surface area contributed by atoms with Crippen LogP contribution in [0.1, 0.15) is 31.6 Å². The molecule has 3 aromatic carbocycles. The first-order valence-electron chi connectivity index (χ1n) is 7.70. The fourth-order valence-corrected chi connectivity index (χ4v) is 4.49. The van der Waals surface area contributed by atoms with Crippen LogP contribution in [0.5, 0.6) is 0 Å². The first-order chi connectivity index (χ1) is 11.7. The normalized spacial score (nSPS) is 14.7. The maximum absolute atomic E-state index is 13.0. The average molecular weight is 329 g/mol. The molecule has 1 heterocycles. The molecule has 5 rings (SSSR count). The maximum Gasteiger partial charge on any atom is 0.181 e. The van der Waals surface area contributed by atoms with Crippen molar-refractivity contribution in [2.24, 2.45) is 0 Å². The summed E-state index contributed by atoms with van der Waals surface area (Å²) in [5.74, 6) is -1.13. The molecule has 0 saturated carbocycles. The maximum atomic E-state index is 13.0. The summed E-state index contributed by atoms with van der Waals surface area (Å²) in [4.78, 5) is 30.6. The van der Waals surface area contributed by atoms with Crippen LogP contribution in [0.4, 0.5) is 0 Å². The van der Waals surface area contributed by atoms with E-state index in [9.17, 15) is 9.59 Å². The van der Waals surface area contributed by atoms with Gasteiger partial charge in [-0.2, -0.15) is 0 Å². The van der Waals surface area contributed by atoms with Crippen LogP contribution in [0.2, 0.25) is 0 Å². The number of hydrogen-bond donors (Lipinski definition) is 0. The van der Waals surface area contributed by atoms with Gasteiger partial charge in [0, 0.05) is 16.5 Å². The second-order valence-corrected chi connectivity index (χ2v) is 6.95. The summed E-state index contributed by atoms with van der Waals surface area (Å²) in [7, 11) is 0. The van der Waals surface area contributed by atoms with Gasteiger partial charge in [0.25, 0.3) is 0 Å². The summed E-state index contributed by atoms with van der Waals surface area (Å²) < 4.78 is 0.991. The van der Waals surface area contributed by atoms with Crippen molar-refractivity contribution in [3.05, 3.63) is 76.8 Å². The minimum Gasteiger partial charge on any atom is -0.293 e. The second-order valence-electron chi connectivity index (χ2n) is 5.89. The lowest BCUT2D eigenvalue weighted by Gasteiger charge is -2.21. The number of aromatic nitrogens is 1. The van der Waals surface area contributed by atoms with E-state index in [1.807, 2.05) is 48.5 Å². The molecule has 24 heavy (non-hydrogen) atoms. The van der Waals surface area contributed by atoms with Gasteiger partial charge in [0.2, 0.25) is 0 Å². The van der Waals surface area contributed by atoms with Crippen molar-refractivity contribution in [3.8, 4) is 0 Å². The minimum atomic E-state index is -0.831. The van der Waals surface area contributed by atoms with Gasteiger partial charge < -0.3 is 0 Å². The molecule has 0 spiro atoms. The lowest BCUT2D eigenvalue weighted by atomic mass is 9.80. The number of para-hydroxylation sites is 1. The summed E-state index contributed by atoms with van der Waals surface area (Å²) in [5.41, 5.74) is 2.06. The van der Waals surface area contributed by atoms with Crippen molar-refractivity contribution in [2.75, 3.05) is 0 Å². The molecule has 4 aromatic rings. The molecule has 0 unspecified atom stereocenters. The molecule has 0 fully saturated rings. The third-order valence-electron chi connectivity index (χ3n) is 4.52. The molecule has 0 radical (unpaired) electrons. The first kappa shape index (κ1) is 13.6. The van der Waals surface area contributed by atoms with E-state index in [2.05, 4.69) is 4.98 Å². The van der Waals surface area contributed by atoms with Crippen LogP contribution in [-0.4, -0.2) is 16.6 Å². The molecule has 4 heteroatoms. The Balaban J connectivity index is 1.77. The van der Waals surface area contributed by atoms with Crippen molar-refractivity contribution < 1.29 is 9.59 Å². The molecular weight excluding hydrogens is 318 g/mol. The van der Waals surface area contributed by atoms with Gasteiger partial charge in [-0.25, -0.2) is 4.98 Å². The zero-order valence-electron chi connectivity index (χ0n) is 12.5. The fraction of sp³-hybridized carbons (Fsp3) is 0.0500. The minimum absolute atomic E-state index is 0.150. The number of rotatable bonds is 1. The molecule has 0 N–H and O–H groups in total. The Morgan fingerprint density at radius 1 is 0.792 bits per heavy atom. The summed E-state index contributed by atoms with van der Waals surface area (Å²) >= 11 is 1.42. The molecular formula is C20H11NO2S. The lowest BCUT2D eigenvalue weighted by Crippen LogP contribution is -2.27. The van der Waals surface area contributed by atoms with Crippen LogP contribution in [-0.2, 0) is 0 Å². The molecule has 114 valence electrons. The van der Waals surface area contributed by atoms with Crippen LogP contribution in [0, 0.1) is 0 Å². The molecule has 1 aromatic heterocycles. The number of ketones is 2. The Hall–Kier alpha value is -2.85. The number of nitrogens with zero attached hydrogens (tertiary/aromatic N) is 1. The standard InChI is InChI=1S/C20H11NO2S/c22-18-12-7-3-5-11-6-4-8-13(16(11)12)19(23)17(18)20-21-14-9-1-2-10-15(14)24-20/h1-10,17H. The van der Waals surface area contributed by atoms with Crippen LogP contribution in [0.3, 0.4) is 0 Å². The van der Waals surface area contributed by atoms with Gasteiger partial charge in [0.15, 0.2) is 11.6 Å². The van der Waals surface area contributed by atoms with E-state index in [-0.39, 0.29) is 11.6 Å². The Morgan fingerprint density at radius 2 is 1.46 bits per heavy atom. The molecule has 1 aliphatic rings. The number of thiazole rings is 1. The van der Waals surface area contributed by atoms with Gasteiger partial charge in [-0.05, 0) is 17.5 Å². The number of hydrogen-bond acceptors (Lipinski definition) is 4. The Morgan fingerprint density at radius 3 is 2.12 bits per heavy atom. The molecule has 0 bridgehead atoms. The zero-order valence-corrected chi connectivity index (χ0v) is 13.3. The van der Waals surface area contributed by atoms with E-state index in [1.165, 1.54) is 11.3 Å². The molecule has 0 saturated heterocycles. The van der Waals surface area contributed by atoms with E-state index < -0.39 is 5.92 Å². The van der Waals surface area contributed by atoms with Gasteiger partial charge in [0.1, 0.15) is 10.9 Å². The molecule has 3 nitrogen and oxygen atoms in total. The van der Waals surface area contributed by atoms with Crippen LogP contribution < -0.4 is 0 Å². The SMILES string of the molecule is O=C1c2cccc3cccc(c23)C(=O)C1c1nc2ccccc2s1. The third kappa shape index (κ3) is 1.74. The van der Waals surface area contributed by atoms with Crippen LogP contribution in [0.15, 0.2) is 60.7 Å². The Kier molecular flexibility index (Phi) is 2.73. The third-order valence-corrected chi connectivity index (χ3v) is 5.62. The van der Waals surface area contributed by atoms with Crippen molar-refractivity contribution in [2.45, 2.75) is 5.92 Å².